The first-order valence-electron chi connectivity index (χ1n) is 10.2. The number of aromatic nitrogens is 4. The van der Waals surface area contributed by atoms with E-state index in [4.69, 9.17) is 9.40 Å². The van der Waals surface area contributed by atoms with Gasteiger partial charge in [-0.1, -0.05) is 30.9 Å². The van der Waals surface area contributed by atoms with Gasteiger partial charge in [0.25, 0.3) is 0 Å². The zero-order valence-electron chi connectivity index (χ0n) is 17.3. The van der Waals surface area contributed by atoms with Crippen LogP contribution in [0.2, 0.25) is 0 Å². The van der Waals surface area contributed by atoms with Gasteiger partial charge in [-0.05, 0) is 60.5 Å². The Morgan fingerprint density at radius 1 is 1.06 bits per heavy atom. The molecule has 0 unspecified atom stereocenters. The lowest BCUT2D eigenvalue weighted by molar-refractivity contribution is 0.654. The molecule has 5 nitrogen and oxygen atoms in total. The van der Waals surface area contributed by atoms with Crippen molar-refractivity contribution in [2.75, 3.05) is 0 Å². The van der Waals surface area contributed by atoms with Crippen molar-refractivity contribution < 1.29 is 4.42 Å². The van der Waals surface area contributed by atoms with Crippen LogP contribution in [0.5, 0.6) is 0 Å². The normalized spacial score (nSPS) is 12.5. The maximum absolute atomic E-state index is 5.88. The third-order valence-corrected chi connectivity index (χ3v) is 6.05. The monoisotopic (exact) mass is 404 g/mol. The van der Waals surface area contributed by atoms with E-state index < -0.39 is 0 Å². The number of imidazole rings is 2. The smallest absolute Gasteiger partial charge is 0.227 e. The molecule has 5 heteroatoms. The first-order chi connectivity index (χ1) is 15.2. The van der Waals surface area contributed by atoms with E-state index >= 15 is 0 Å². The van der Waals surface area contributed by atoms with Gasteiger partial charge >= 0.3 is 0 Å². The number of nitrogens with zero attached hydrogens (tertiary/aromatic N) is 4. The Kier molecular flexibility index (Phi) is 3.68. The summed E-state index contributed by atoms with van der Waals surface area (Å²) in [5, 5.41) is 2.07. The van der Waals surface area contributed by atoms with Crippen LogP contribution >= 0.6 is 0 Å². The molecule has 0 atom stereocenters. The topological polar surface area (TPSA) is 48.3 Å². The third-order valence-electron chi connectivity index (χ3n) is 6.05. The number of fused-ring (bicyclic) bond motifs is 6. The Morgan fingerprint density at radius 3 is 2.81 bits per heavy atom. The lowest BCUT2D eigenvalue weighted by atomic mass is 10.0. The van der Waals surface area contributed by atoms with Gasteiger partial charge in [0.2, 0.25) is 11.5 Å². The Balaban J connectivity index is 1.60. The Labute approximate surface area is 178 Å². The number of hydrogen-bond acceptors (Lipinski definition) is 3. The average Bonchev–Trinajstić information content (AvgIpc) is 3.43. The van der Waals surface area contributed by atoms with Crippen LogP contribution in [0.1, 0.15) is 17.0 Å². The van der Waals surface area contributed by atoms with E-state index in [0.29, 0.717) is 5.71 Å². The summed E-state index contributed by atoms with van der Waals surface area (Å²) in [5.41, 5.74) is 7.93. The second kappa shape index (κ2) is 6.44. The minimum Gasteiger partial charge on any atom is -0.438 e. The fraction of sp³-hybridized carbons (Fsp3) is 0.0769. The largest absolute Gasteiger partial charge is 0.438 e. The van der Waals surface area contributed by atoms with Gasteiger partial charge in [0.1, 0.15) is 5.58 Å². The summed E-state index contributed by atoms with van der Waals surface area (Å²) in [6, 6.07) is 18.4. The number of rotatable bonds is 3. The molecule has 0 amide bonds. The van der Waals surface area contributed by atoms with E-state index in [9.17, 15) is 0 Å². The number of allylic oxidation sites excluding steroid dienone is 2. The molecule has 0 bridgehead atoms. The van der Waals surface area contributed by atoms with E-state index in [1.165, 1.54) is 0 Å². The van der Waals surface area contributed by atoms with Gasteiger partial charge in [0, 0.05) is 29.7 Å². The van der Waals surface area contributed by atoms with Crippen molar-refractivity contribution in [3.8, 4) is 0 Å². The molecular formula is C26H20N4O. The maximum atomic E-state index is 5.88. The molecule has 0 saturated carbocycles. The molecule has 0 aliphatic heterocycles. The molecule has 4 heterocycles. The van der Waals surface area contributed by atoms with Crippen molar-refractivity contribution in [1.82, 2.24) is 18.9 Å². The molecule has 0 aliphatic carbocycles. The summed E-state index contributed by atoms with van der Waals surface area (Å²) in [5.74, 6) is 0.927. The zero-order chi connectivity index (χ0) is 21.1. The van der Waals surface area contributed by atoms with Crippen LogP contribution in [0, 0.1) is 6.92 Å². The molecule has 4 aromatic heterocycles. The Morgan fingerprint density at radius 2 is 1.94 bits per heavy atom. The van der Waals surface area contributed by atoms with E-state index in [2.05, 4.69) is 58.8 Å². The van der Waals surface area contributed by atoms with Crippen molar-refractivity contribution in [2.45, 2.75) is 6.92 Å². The summed E-state index contributed by atoms with van der Waals surface area (Å²) < 4.78 is 10.2. The van der Waals surface area contributed by atoms with Crippen molar-refractivity contribution in [1.29, 1.82) is 0 Å². The van der Waals surface area contributed by atoms with E-state index in [0.717, 1.165) is 55.7 Å². The molecule has 0 saturated heterocycles. The van der Waals surface area contributed by atoms with Gasteiger partial charge in [-0.3, -0.25) is 4.40 Å². The number of furan rings is 1. The number of hydrogen-bond donors (Lipinski definition) is 0. The fourth-order valence-electron chi connectivity index (χ4n) is 4.33. The van der Waals surface area contributed by atoms with E-state index in [1.807, 2.05) is 42.5 Å². The first-order valence-corrected chi connectivity index (χ1v) is 10.2. The van der Waals surface area contributed by atoms with Crippen LogP contribution in [-0.4, -0.2) is 18.9 Å². The Hall–Kier alpha value is -4.12. The standard InChI is InChI=1S/C26H20N4O/c1-4-17(18-11-12-24-20(14-18)19-8-7-13-27-25(19)31-24)15-23-16(2)29(3)26-28-21-9-5-6-10-22(21)30(23)26/h4-15H,1H2,2-3H3/b17-15+. The molecule has 2 aromatic carbocycles. The highest BCUT2D eigenvalue weighted by molar-refractivity contribution is 6.05. The molecule has 0 N–H and O–H groups in total. The second-order valence-electron chi connectivity index (χ2n) is 7.74. The lowest BCUT2D eigenvalue weighted by Crippen LogP contribution is -1.92. The summed E-state index contributed by atoms with van der Waals surface area (Å²) in [6.45, 7) is 6.21. The second-order valence-corrected chi connectivity index (χ2v) is 7.74. The summed E-state index contributed by atoms with van der Waals surface area (Å²) >= 11 is 0. The number of aryl methyl sites for hydroxylation is 1. The van der Waals surface area contributed by atoms with Crippen LogP contribution < -0.4 is 0 Å². The zero-order valence-corrected chi connectivity index (χ0v) is 17.3. The lowest BCUT2D eigenvalue weighted by Gasteiger charge is -2.05. The molecule has 0 aliphatic rings. The highest BCUT2D eigenvalue weighted by Crippen LogP contribution is 2.32. The summed E-state index contributed by atoms with van der Waals surface area (Å²) in [6.07, 6.45) is 5.84. The summed E-state index contributed by atoms with van der Waals surface area (Å²) in [4.78, 5) is 9.16. The van der Waals surface area contributed by atoms with Crippen molar-refractivity contribution >= 4 is 50.5 Å². The Bertz CT molecular complexity index is 1680. The van der Waals surface area contributed by atoms with E-state index in [-0.39, 0.29) is 0 Å². The molecule has 0 fully saturated rings. The summed E-state index contributed by atoms with van der Waals surface area (Å²) in [7, 11) is 2.05. The van der Waals surface area contributed by atoms with Gasteiger partial charge in [-0.2, -0.15) is 0 Å². The highest BCUT2D eigenvalue weighted by Gasteiger charge is 2.16. The number of benzene rings is 2. The first kappa shape index (κ1) is 17.7. The highest BCUT2D eigenvalue weighted by atomic mass is 16.3. The number of pyridine rings is 1. The molecule has 0 spiro atoms. The molecule has 6 rings (SSSR count). The van der Waals surface area contributed by atoms with Gasteiger partial charge in [-0.25, -0.2) is 9.97 Å². The van der Waals surface area contributed by atoms with Crippen LogP contribution in [-0.2, 0) is 7.05 Å². The van der Waals surface area contributed by atoms with Gasteiger partial charge < -0.3 is 8.98 Å². The van der Waals surface area contributed by atoms with Crippen LogP contribution in [0.4, 0.5) is 0 Å². The fourth-order valence-corrected chi connectivity index (χ4v) is 4.33. The third kappa shape index (κ3) is 2.50. The molecule has 6 aromatic rings. The molecular weight excluding hydrogens is 384 g/mol. The quantitative estimate of drug-likeness (QED) is 0.332. The van der Waals surface area contributed by atoms with Gasteiger partial charge in [0.05, 0.1) is 16.7 Å². The van der Waals surface area contributed by atoms with Gasteiger partial charge in [0.15, 0.2) is 0 Å². The minimum absolute atomic E-state index is 0.657. The van der Waals surface area contributed by atoms with E-state index in [1.54, 1.807) is 6.20 Å². The van der Waals surface area contributed by atoms with Crippen molar-refractivity contribution in [3.63, 3.8) is 0 Å². The maximum Gasteiger partial charge on any atom is 0.227 e. The minimum atomic E-state index is 0.657. The van der Waals surface area contributed by atoms with Crippen molar-refractivity contribution in [2.24, 2.45) is 7.05 Å². The van der Waals surface area contributed by atoms with Gasteiger partial charge in [-0.15, -0.1) is 0 Å². The predicted molar refractivity (Wildman–Crippen MR) is 126 cm³/mol. The van der Waals surface area contributed by atoms with Crippen LogP contribution in [0.15, 0.2) is 77.9 Å². The van der Waals surface area contributed by atoms with Crippen LogP contribution in [0.25, 0.3) is 50.5 Å². The number of para-hydroxylation sites is 2. The molecule has 0 radical (unpaired) electrons. The average molecular weight is 404 g/mol. The molecule has 150 valence electrons. The predicted octanol–water partition coefficient (Wildman–Crippen LogP) is 6.16. The van der Waals surface area contributed by atoms with Crippen molar-refractivity contribution in [3.05, 3.63) is 90.4 Å². The van der Waals surface area contributed by atoms with Crippen LogP contribution in [0.3, 0.4) is 0 Å². The SMILES string of the molecule is C=C/C(=C\c1c(C)n(C)c2nc3ccccc3n12)c1ccc2oc3ncccc3c2c1. The molecule has 31 heavy (non-hydrogen) atoms.